The maximum absolute atomic E-state index is 13.7. The van der Waals surface area contributed by atoms with Gasteiger partial charge in [0.25, 0.3) is 0 Å². The van der Waals surface area contributed by atoms with Crippen LogP contribution in [0.4, 0.5) is 4.39 Å². The summed E-state index contributed by atoms with van der Waals surface area (Å²) in [4.78, 5) is 4.37. The standard InChI is InChI=1S/C19H24FN3O.HI/c1-3-21-19(23-14(2)15-9-5-4-6-10-15)22-13-18(24)16-11-7-8-12-17(16)20;/h4-12,14,18,24H,3,13H2,1-2H3,(H2,21,22,23);1H. The fourth-order valence-corrected chi connectivity index (χ4v) is 2.37. The van der Waals surface area contributed by atoms with Crippen LogP contribution in [0.15, 0.2) is 59.6 Å². The van der Waals surface area contributed by atoms with Crippen molar-refractivity contribution in [2.75, 3.05) is 13.1 Å². The Kier molecular flexibility index (Phi) is 9.44. The normalized spacial score (nSPS) is 13.5. The van der Waals surface area contributed by atoms with Gasteiger partial charge in [-0.15, -0.1) is 24.0 Å². The van der Waals surface area contributed by atoms with Crippen molar-refractivity contribution in [1.29, 1.82) is 0 Å². The molecule has 0 radical (unpaired) electrons. The van der Waals surface area contributed by atoms with Gasteiger partial charge in [0.2, 0.25) is 0 Å². The lowest BCUT2D eigenvalue weighted by Crippen LogP contribution is -2.39. The van der Waals surface area contributed by atoms with Gasteiger partial charge in [-0.3, -0.25) is 4.99 Å². The number of aliphatic imine (C=N–C) groups is 1. The molecule has 2 unspecified atom stereocenters. The second-order valence-corrected chi connectivity index (χ2v) is 5.53. The number of hydrogen-bond donors (Lipinski definition) is 3. The van der Waals surface area contributed by atoms with Crippen molar-refractivity contribution >= 4 is 29.9 Å². The van der Waals surface area contributed by atoms with E-state index in [0.717, 1.165) is 5.56 Å². The lowest BCUT2D eigenvalue weighted by Gasteiger charge is -2.19. The highest BCUT2D eigenvalue weighted by atomic mass is 127. The molecule has 0 fully saturated rings. The molecule has 2 rings (SSSR count). The van der Waals surface area contributed by atoms with E-state index in [1.807, 2.05) is 44.2 Å². The Morgan fingerprint density at radius 3 is 2.40 bits per heavy atom. The van der Waals surface area contributed by atoms with Crippen molar-refractivity contribution in [1.82, 2.24) is 10.6 Å². The van der Waals surface area contributed by atoms with Gasteiger partial charge in [0.05, 0.1) is 12.6 Å². The van der Waals surface area contributed by atoms with Gasteiger partial charge in [0.1, 0.15) is 11.9 Å². The third-order valence-electron chi connectivity index (χ3n) is 3.68. The van der Waals surface area contributed by atoms with E-state index in [-0.39, 0.29) is 42.1 Å². The van der Waals surface area contributed by atoms with E-state index in [1.54, 1.807) is 18.2 Å². The Hall–Kier alpha value is -1.67. The quantitative estimate of drug-likeness (QED) is 0.352. The fourth-order valence-electron chi connectivity index (χ4n) is 2.37. The van der Waals surface area contributed by atoms with Crippen molar-refractivity contribution in [3.63, 3.8) is 0 Å². The maximum Gasteiger partial charge on any atom is 0.191 e. The molecule has 0 saturated carbocycles. The van der Waals surface area contributed by atoms with Crippen LogP contribution in [0.2, 0.25) is 0 Å². The topological polar surface area (TPSA) is 56.7 Å². The smallest absolute Gasteiger partial charge is 0.191 e. The molecule has 2 aromatic rings. The van der Waals surface area contributed by atoms with Crippen LogP contribution in [-0.4, -0.2) is 24.2 Å². The predicted molar refractivity (Wildman–Crippen MR) is 111 cm³/mol. The van der Waals surface area contributed by atoms with Gasteiger partial charge in [-0.05, 0) is 25.5 Å². The first kappa shape index (κ1) is 21.4. The molecule has 0 spiro atoms. The summed E-state index contributed by atoms with van der Waals surface area (Å²) < 4.78 is 13.7. The van der Waals surface area contributed by atoms with E-state index in [9.17, 15) is 9.50 Å². The zero-order valence-electron chi connectivity index (χ0n) is 14.4. The number of nitrogens with zero attached hydrogens (tertiary/aromatic N) is 1. The largest absolute Gasteiger partial charge is 0.386 e. The van der Waals surface area contributed by atoms with Crippen LogP contribution in [0.5, 0.6) is 0 Å². The molecule has 136 valence electrons. The number of aliphatic hydroxyl groups is 1. The van der Waals surface area contributed by atoms with Crippen LogP contribution < -0.4 is 10.6 Å². The summed E-state index contributed by atoms with van der Waals surface area (Å²) in [5.74, 6) is 0.167. The number of nitrogens with one attached hydrogen (secondary N) is 2. The zero-order valence-corrected chi connectivity index (χ0v) is 16.8. The molecule has 2 aromatic carbocycles. The predicted octanol–water partition coefficient (Wildman–Crippen LogP) is 3.79. The molecule has 25 heavy (non-hydrogen) atoms. The van der Waals surface area contributed by atoms with E-state index < -0.39 is 11.9 Å². The van der Waals surface area contributed by atoms with Crippen LogP contribution in [-0.2, 0) is 0 Å². The lowest BCUT2D eigenvalue weighted by atomic mass is 10.1. The summed E-state index contributed by atoms with van der Waals surface area (Å²) in [5, 5.41) is 16.6. The molecule has 0 heterocycles. The van der Waals surface area contributed by atoms with Gasteiger partial charge in [-0.2, -0.15) is 0 Å². The van der Waals surface area contributed by atoms with Gasteiger partial charge in [-0.25, -0.2) is 4.39 Å². The van der Waals surface area contributed by atoms with Gasteiger partial charge in [0.15, 0.2) is 5.96 Å². The molecule has 6 heteroatoms. The molecular formula is C19H25FIN3O. The number of benzene rings is 2. The van der Waals surface area contributed by atoms with Crippen molar-refractivity contribution in [3.8, 4) is 0 Å². The second kappa shape index (κ2) is 11.0. The molecule has 0 aliphatic carbocycles. The molecular weight excluding hydrogens is 432 g/mol. The van der Waals surface area contributed by atoms with Crippen LogP contribution >= 0.6 is 24.0 Å². The van der Waals surface area contributed by atoms with Crippen LogP contribution in [0.1, 0.15) is 37.1 Å². The van der Waals surface area contributed by atoms with Gasteiger partial charge in [0, 0.05) is 12.1 Å². The third kappa shape index (κ3) is 6.62. The molecule has 0 bridgehead atoms. The number of hydrogen-bond acceptors (Lipinski definition) is 2. The van der Waals surface area contributed by atoms with Gasteiger partial charge >= 0.3 is 0 Å². The summed E-state index contributed by atoms with van der Waals surface area (Å²) in [5.41, 5.74) is 1.39. The minimum atomic E-state index is -0.978. The number of rotatable bonds is 6. The van der Waals surface area contributed by atoms with E-state index >= 15 is 0 Å². The van der Waals surface area contributed by atoms with Crippen LogP contribution in [0, 0.1) is 5.82 Å². The van der Waals surface area contributed by atoms with Crippen LogP contribution in [0.3, 0.4) is 0 Å². The first-order valence-corrected chi connectivity index (χ1v) is 8.14. The van der Waals surface area contributed by atoms with E-state index in [2.05, 4.69) is 15.6 Å². The van der Waals surface area contributed by atoms with Crippen molar-refractivity contribution in [2.24, 2.45) is 4.99 Å². The molecule has 0 aliphatic heterocycles. The molecule has 0 saturated heterocycles. The third-order valence-corrected chi connectivity index (χ3v) is 3.68. The Balaban J connectivity index is 0.00000312. The van der Waals surface area contributed by atoms with Crippen molar-refractivity contribution in [2.45, 2.75) is 26.0 Å². The summed E-state index contributed by atoms with van der Waals surface area (Å²) in [6.07, 6.45) is -0.978. The van der Waals surface area contributed by atoms with Gasteiger partial charge in [-0.1, -0.05) is 48.5 Å². The molecule has 2 atom stereocenters. The fraction of sp³-hybridized carbons (Fsp3) is 0.316. The Labute approximate surface area is 165 Å². The Morgan fingerprint density at radius 2 is 1.76 bits per heavy atom. The number of halogens is 2. The highest BCUT2D eigenvalue weighted by Gasteiger charge is 2.13. The Morgan fingerprint density at radius 1 is 1.12 bits per heavy atom. The molecule has 0 aliphatic rings. The molecule has 0 aromatic heterocycles. The molecule has 0 amide bonds. The summed E-state index contributed by atoms with van der Waals surface area (Å²) in [7, 11) is 0. The highest BCUT2D eigenvalue weighted by molar-refractivity contribution is 14.0. The lowest BCUT2D eigenvalue weighted by molar-refractivity contribution is 0.182. The van der Waals surface area contributed by atoms with E-state index in [1.165, 1.54) is 6.07 Å². The Bertz CT molecular complexity index is 667. The minimum Gasteiger partial charge on any atom is -0.386 e. The average Bonchev–Trinajstić information content (AvgIpc) is 2.60. The van der Waals surface area contributed by atoms with Crippen molar-refractivity contribution < 1.29 is 9.50 Å². The summed E-state index contributed by atoms with van der Waals surface area (Å²) >= 11 is 0. The average molecular weight is 457 g/mol. The zero-order chi connectivity index (χ0) is 17.4. The maximum atomic E-state index is 13.7. The summed E-state index contributed by atoms with van der Waals surface area (Å²) in [6, 6.07) is 16.3. The first-order chi connectivity index (χ1) is 11.6. The number of aliphatic hydroxyl groups excluding tert-OH is 1. The monoisotopic (exact) mass is 457 g/mol. The first-order valence-electron chi connectivity index (χ1n) is 8.14. The SMILES string of the molecule is CCNC(=NCC(O)c1ccccc1F)NC(C)c1ccccc1.I. The molecule has 4 nitrogen and oxygen atoms in total. The second-order valence-electron chi connectivity index (χ2n) is 5.53. The van der Waals surface area contributed by atoms with E-state index in [4.69, 9.17) is 0 Å². The van der Waals surface area contributed by atoms with Crippen molar-refractivity contribution in [3.05, 3.63) is 71.5 Å². The number of guanidine groups is 1. The molecule has 3 N–H and O–H groups in total. The summed E-state index contributed by atoms with van der Waals surface area (Å²) in [6.45, 7) is 4.79. The highest BCUT2D eigenvalue weighted by Crippen LogP contribution is 2.17. The minimum absolute atomic E-state index is 0. The van der Waals surface area contributed by atoms with Gasteiger partial charge < -0.3 is 15.7 Å². The van der Waals surface area contributed by atoms with E-state index in [0.29, 0.717) is 12.5 Å². The van der Waals surface area contributed by atoms with Crippen LogP contribution in [0.25, 0.3) is 0 Å².